The number of aliphatic hydroxyl groups is 1. The van der Waals surface area contributed by atoms with Crippen LogP contribution in [-0.2, 0) is 19.1 Å². The van der Waals surface area contributed by atoms with E-state index in [1.807, 2.05) is 0 Å². The molecule has 0 fully saturated rings. The van der Waals surface area contributed by atoms with Gasteiger partial charge >= 0.3 is 41.5 Å². The van der Waals surface area contributed by atoms with Crippen molar-refractivity contribution >= 4 is 17.9 Å². The Morgan fingerprint density at radius 3 is 2.23 bits per heavy atom. The first-order chi connectivity index (χ1) is 5.43. The van der Waals surface area contributed by atoms with Crippen LogP contribution in [0.25, 0.3) is 0 Å². The predicted octanol–water partition coefficient (Wildman–Crippen LogP) is -5.42. The largest absolute Gasteiger partial charge is 1.00 e. The third-order valence-corrected chi connectivity index (χ3v) is 0.876. The minimum atomic E-state index is -1.85. The van der Waals surface area contributed by atoms with Gasteiger partial charge < -0.3 is 19.7 Å². The Morgan fingerprint density at radius 1 is 1.46 bits per heavy atom. The van der Waals surface area contributed by atoms with E-state index in [1.54, 1.807) is 0 Å². The van der Waals surface area contributed by atoms with Gasteiger partial charge in [-0.2, -0.15) is 0 Å². The Bertz CT molecular complexity index is 213. The van der Waals surface area contributed by atoms with E-state index in [1.165, 1.54) is 0 Å². The smallest absolute Gasteiger partial charge is 0.550 e. The molecule has 0 aliphatic heterocycles. The first-order valence-electron chi connectivity index (χ1n) is 3.03. The summed E-state index contributed by atoms with van der Waals surface area (Å²) in [7, 11) is 0. The standard InChI is InChI=1S/C6H8O6.Na/c1-3(7)12-6(11)4(8)2-5(9)10;/h4,8H,2H2,1H3,(H,9,10);/q;+1/p-1. The molecule has 13 heavy (non-hydrogen) atoms. The summed E-state index contributed by atoms with van der Waals surface area (Å²) >= 11 is 0. The molecule has 0 amide bonds. The second-order valence-corrected chi connectivity index (χ2v) is 2.00. The van der Waals surface area contributed by atoms with Gasteiger partial charge in [0.1, 0.15) is 0 Å². The summed E-state index contributed by atoms with van der Waals surface area (Å²) in [4.78, 5) is 30.5. The van der Waals surface area contributed by atoms with Gasteiger partial charge in [-0.15, -0.1) is 0 Å². The molecule has 0 radical (unpaired) electrons. The minimum absolute atomic E-state index is 0. The molecule has 0 spiro atoms. The number of carboxylic acid groups (broad SMARTS) is 1. The summed E-state index contributed by atoms with van der Waals surface area (Å²) in [6.07, 6.45) is -2.73. The van der Waals surface area contributed by atoms with Crippen LogP contribution in [0.5, 0.6) is 0 Å². The molecule has 1 atom stereocenters. The fraction of sp³-hybridized carbons (Fsp3) is 0.500. The average molecular weight is 198 g/mol. The van der Waals surface area contributed by atoms with Gasteiger partial charge in [0.15, 0.2) is 6.10 Å². The molecule has 68 valence electrons. The monoisotopic (exact) mass is 198 g/mol. The van der Waals surface area contributed by atoms with Gasteiger partial charge in [-0.1, -0.05) is 0 Å². The number of rotatable bonds is 3. The van der Waals surface area contributed by atoms with Crippen molar-refractivity contribution < 1.29 is 58.9 Å². The van der Waals surface area contributed by atoms with E-state index in [2.05, 4.69) is 4.74 Å². The number of hydrogen-bond acceptors (Lipinski definition) is 6. The number of esters is 2. The molecular weight excluding hydrogens is 191 g/mol. The van der Waals surface area contributed by atoms with Crippen molar-refractivity contribution in [2.75, 3.05) is 0 Å². The summed E-state index contributed by atoms with van der Waals surface area (Å²) in [5, 5.41) is 18.5. The number of hydrogen-bond donors (Lipinski definition) is 1. The molecule has 0 saturated heterocycles. The number of carbonyl (C=O) groups excluding carboxylic acids is 3. The van der Waals surface area contributed by atoms with Gasteiger partial charge in [0.25, 0.3) is 0 Å². The number of ether oxygens (including phenoxy) is 1. The van der Waals surface area contributed by atoms with Gasteiger partial charge in [0, 0.05) is 19.3 Å². The van der Waals surface area contributed by atoms with Gasteiger partial charge in [-0.05, 0) is 0 Å². The van der Waals surface area contributed by atoms with Crippen molar-refractivity contribution in [1.82, 2.24) is 0 Å². The summed E-state index contributed by atoms with van der Waals surface area (Å²) in [5.41, 5.74) is 0. The van der Waals surface area contributed by atoms with Crippen LogP contribution >= 0.6 is 0 Å². The van der Waals surface area contributed by atoms with E-state index in [-0.39, 0.29) is 29.6 Å². The quantitative estimate of drug-likeness (QED) is 0.276. The van der Waals surface area contributed by atoms with Crippen LogP contribution in [0.3, 0.4) is 0 Å². The first-order valence-corrected chi connectivity index (χ1v) is 3.03. The molecule has 0 aromatic rings. The first kappa shape index (κ1) is 15.1. The molecule has 0 rings (SSSR count). The second-order valence-electron chi connectivity index (χ2n) is 2.00. The summed E-state index contributed by atoms with van der Waals surface area (Å²) in [6, 6.07) is 0. The number of aliphatic hydroxyl groups excluding tert-OH is 1. The van der Waals surface area contributed by atoms with Crippen LogP contribution in [-0.4, -0.2) is 29.1 Å². The molecular formula is C6H7NaO6. The summed E-state index contributed by atoms with van der Waals surface area (Å²) in [6.45, 7) is 0.962. The van der Waals surface area contributed by atoms with Crippen molar-refractivity contribution in [3.8, 4) is 0 Å². The van der Waals surface area contributed by atoms with Gasteiger partial charge in [-0.3, -0.25) is 4.79 Å². The van der Waals surface area contributed by atoms with Crippen LogP contribution in [0, 0.1) is 0 Å². The van der Waals surface area contributed by atoms with Crippen LogP contribution < -0.4 is 34.7 Å². The van der Waals surface area contributed by atoms with Gasteiger partial charge in [0.05, 0.1) is 0 Å². The average Bonchev–Trinajstić information content (AvgIpc) is 1.84. The van der Waals surface area contributed by atoms with E-state index in [0.717, 1.165) is 6.92 Å². The fourth-order valence-electron chi connectivity index (χ4n) is 0.451. The van der Waals surface area contributed by atoms with Crippen LogP contribution in [0.1, 0.15) is 13.3 Å². The maximum atomic E-state index is 10.5. The van der Waals surface area contributed by atoms with E-state index < -0.39 is 30.4 Å². The third-order valence-electron chi connectivity index (χ3n) is 0.876. The number of aliphatic carboxylic acids is 1. The Labute approximate surface area is 96.2 Å². The molecule has 6 nitrogen and oxygen atoms in total. The van der Waals surface area contributed by atoms with E-state index in [9.17, 15) is 19.5 Å². The van der Waals surface area contributed by atoms with Crippen LogP contribution in [0.4, 0.5) is 0 Å². The third kappa shape index (κ3) is 7.92. The normalized spacial score (nSPS) is 10.9. The Hall–Kier alpha value is -0.430. The summed E-state index contributed by atoms with van der Waals surface area (Å²) in [5.74, 6) is -3.79. The van der Waals surface area contributed by atoms with Gasteiger partial charge in [0.2, 0.25) is 0 Å². The minimum Gasteiger partial charge on any atom is -0.550 e. The summed E-state index contributed by atoms with van der Waals surface area (Å²) < 4.78 is 3.89. The Morgan fingerprint density at radius 2 is 1.92 bits per heavy atom. The second kappa shape index (κ2) is 7.02. The Kier molecular flexibility index (Phi) is 8.13. The topological polar surface area (TPSA) is 104 Å². The molecule has 1 N–H and O–H groups in total. The fourth-order valence-corrected chi connectivity index (χ4v) is 0.451. The van der Waals surface area contributed by atoms with E-state index >= 15 is 0 Å². The molecule has 0 aromatic heterocycles. The maximum Gasteiger partial charge on any atom is 1.00 e. The molecule has 0 aliphatic rings. The van der Waals surface area contributed by atoms with Crippen molar-refractivity contribution in [3.05, 3.63) is 0 Å². The van der Waals surface area contributed by atoms with Crippen molar-refractivity contribution in [2.45, 2.75) is 19.4 Å². The van der Waals surface area contributed by atoms with Crippen LogP contribution in [0.2, 0.25) is 0 Å². The molecule has 0 aliphatic carbocycles. The van der Waals surface area contributed by atoms with E-state index in [4.69, 9.17) is 5.11 Å². The maximum absolute atomic E-state index is 10.5. The molecule has 7 heteroatoms. The SMILES string of the molecule is CC(=O)OC(=O)C(O)CC(=O)[O-].[Na+]. The van der Waals surface area contributed by atoms with E-state index in [0.29, 0.717) is 0 Å². The van der Waals surface area contributed by atoms with Crippen LogP contribution in [0.15, 0.2) is 0 Å². The zero-order chi connectivity index (χ0) is 9.72. The molecule has 0 aromatic carbocycles. The van der Waals surface area contributed by atoms with Gasteiger partial charge in [-0.25, -0.2) is 4.79 Å². The van der Waals surface area contributed by atoms with Crippen molar-refractivity contribution in [3.63, 3.8) is 0 Å². The Balaban J connectivity index is 0. The molecule has 0 saturated carbocycles. The van der Waals surface area contributed by atoms with Crippen molar-refractivity contribution in [2.24, 2.45) is 0 Å². The molecule has 0 heterocycles. The molecule has 0 bridgehead atoms. The van der Waals surface area contributed by atoms with Crippen molar-refractivity contribution in [1.29, 1.82) is 0 Å². The predicted molar refractivity (Wildman–Crippen MR) is 32.4 cm³/mol. The number of carboxylic acids is 1. The molecule has 1 unspecified atom stereocenters. The zero-order valence-corrected chi connectivity index (χ0v) is 9.27. The zero-order valence-electron chi connectivity index (χ0n) is 7.27. The number of carbonyl (C=O) groups is 3.